The average Bonchev–Trinajstić information content (AvgIpc) is 2.94. The first kappa shape index (κ1) is 15.4. The number of nitrogens with one attached hydrogen (secondary N) is 1. The van der Waals surface area contributed by atoms with Crippen molar-refractivity contribution in [2.75, 3.05) is 25.5 Å². The minimum absolute atomic E-state index is 0.000478. The van der Waals surface area contributed by atoms with E-state index in [0.29, 0.717) is 35.8 Å². The fourth-order valence-electron chi connectivity index (χ4n) is 2.41. The number of hydrogen-bond acceptors (Lipinski definition) is 4. The summed E-state index contributed by atoms with van der Waals surface area (Å²) in [6.45, 7) is 0.477. The van der Waals surface area contributed by atoms with Gasteiger partial charge in [0.15, 0.2) is 0 Å². The van der Waals surface area contributed by atoms with Gasteiger partial charge in [0.1, 0.15) is 11.8 Å². The van der Waals surface area contributed by atoms with Crippen molar-refractivity contribution in [3.8, 4) is 5.75 Å². The summed E-state index contributed by atoms with van der Waals surface area (Å²) < 4.78 is 5.18. The summed E-state index contributed by atoms with van der Waals surface area (Å²) >= 11 is 5.91. The number of carboxylic acids is 1. The summed E-state index contributed by atoms with van der Waals surface area (Å²) in [6.07, 6.45) is 1.21. The van der Waals surface area contributed by atoms with Gasteiger partial charge in [-0.25, -0.2) is 4.79 Å². The molecule has 0 aromatic heterocycles. The van der Waals surface area contributed by atoms with Crippen LogP contribution in [0, 0.1) is 0 Å². The number of methoxy groups -OCH3 is 1. The number of ether oxygens (including phenoxy) is 1. The summed E-state index contributed by atoms with van der Waals surface area (Å²) in [4.78, 5) is 24.6. The minimum atomic E-state index is -0.957. The number of nitrogens with zero attached hydrogens (tertiary/aromatic N) is 1. The van der Waals surface area contributed by atoms with Crippen LogP contribution in [-0.2, 0) is 9.59 Å². The lowest BCUT2D eigenvalue weighted by atomic mass is 10.2. The maximum absolute atomic E-state index is 12.1. The fourth-order valence-corrected chi connectivity index (χ4v) is 2.58. The second-order valence-electron chi connectivity index (χ2n) is 4.78. The maximum atomic E-state index is 12.1. The summed E-state index contributed by atoms with van der Waals surface area (Å²) in [5.41, 5.74) is 0.601. The predicted molar refractivity (Wildman–Crippen MR) is 78.9 cm³/mol. The molecule has 6 nitrogen and oxygen atoms in total. The number of carboxylic acid groups (broad SMARTS) is 1. The standard InChI is InChI=1S/C14H17ClN2O4/c1-21-12-5-4-9(15)7-10(12)16-8-13(18)17-6-2-3-11(17)14(19)20/h4-5,7,11,16H,2-3,6,8H2,1H3,(H,19,20)/t11-/m0/s1. The SMILES string of the molecule is COc1ccc(Cl)cc1NCC(=O)N1CCC[C@H]1C(=O)O. The Morgan fingerprint density at radius 3 is 2.95 bits per heavy atom. The highest BCUT2D eigenvalue weighted by molar-refractivity contribution is 6.30. The number of anilines is 1. The van der Waals surface area contributed by atoms with Crippen LogP contribution >= 0.6 is 11.6 Å². The number of halogens is 1. The van der Waals surface area contributed by atoms with Crippen molar-refractivity contribution in [3.05, 3.63) is 23.2 Å². The van der Waals surface area contributed by atoms with Crippen LogP contribution in [0.5, 0.6) is 5.75 Å². The number of rotatable bonds is 5. The molecule has 1 aromatic carbocycles. The lowest BCUT2D eigenvalue weighted by Gasteiger charge is -2.22. The van der Waals surface area contributed by atoms with E-state index in [4.69, 9.17) is 21.4 Å². The van der Waals surface area contributed by atoms with Gasteiger partial charge in [0.05, 0.1) is 19.3 Å². The molecule has 2 N–H and O–H groups in total. The van der Waals surface area contributed by atoms with E-state index < -0.39 is 12.0 Å². The molecule has 0 aliphatic carbocycles. The highest BCUT2D eigenvalue weighted by atomic mass is 35.5. The average molecular weight is 313 g/mol. The molecule has 7 heteroatoms. The Hall–Kier alpha value is -1.95. The molecule has 114 valence electrons. The summed E-state index contributed by atoms with van der Waals surface area (Å²) in [6, 6.07) is 4.33. The van der Waals surface area contributed by atoms with Crippen LogP contribution in [-0.4, -0.2) is 48.1 Å². The number of likely N-dealkylation sites (tertiary alicyclic amines) is 1. The van der Waals surface area contributed by atoms with Crippen LogP contribution in [0.25, 0.3) is 0 Å². The van der Waals surface area contributed by atoms with Crippen molar-refractivity contribution < 1.29 is 19.4 Å². The molecule has 1 aromatic rings. The van der Waals surface area contributed by atoms with Gasteiger partial charge in [-0.05, 0) is 31.0 Å². The molecule has 0 radical (unpaired) electrons. The molecule has 1 heterocycles. The van der Waals surface area contributed by atoms with E-state index in [-0.39, 0.29) is 12.5 Å². The summed E-state index contributed by atoms with van der Waals surface area (Å²) in [5, 5.41) is 12.6. The Kier molecular flexibility index (Phi) is 4.90. The van der Waals surface area contributed by atoms with E-state index >= 15 is 0 Å². The number of aliphatic carboxylic acids is 1. The van der Waals surface area contributed by atoms with Gasteiger partial charge in [-0.1, -0.05) is 11.6 Å². The maximum Gasteiger partial charge on any atom is 0.326 e. The second-order valence-corrected chi connectivity index (χ2v) is 5.22. The molecule has 0 bridgehead atoms. The van der Waals surface area contributed by atoms with E-state index in [1.165, 1.54) is 12.0 Å². The van der Waals surface area contributed by atoms with Gasteiger partial charge in [-0.2, -0.15) is 0 Å². The van der Waals surface area contributed by atoms with E-state index in [2.05, 4.69) is 5.32 Å². The lowest BCUT2D eigenvalue weighted by Crippen LogP contribution is -2.43. The second kappa shape index (κ2) is 6.67. The molecule has 0 saturated carbocycles. The Labute approximate surface area is 127 Å². The Morgan fingerprint density at radius 2 is 2.29 bits per heavy atom. The Morgan fingerprint density at radius 1 is 1.52 bits per heavy atom. The number of benzene rings is 1. The summed E-state index contributed by atoms with van der Waals surface area (Å²) in [5.74, 6) is -0.633. The van der Waals surface area contributed by atoms with E-state index in [1.807, 2.05) is 0 Å². The normalized spacial score (nSPS) is 17.6. The molecule has 1 aliphatic heterocycles. The molecular formula is C14H17ClN2O4. The van der Waals surface area contributed by atoms with E-state index in [9.17, 15) is 9.59 Å². The molecule has 1 saturated heterocycles. The number of carbonyl (C=O) groups is 2. The van der Waals surface area contributed by atoms with Crippen molar-refractivity contribution in [3.63, 3.8) is 0 Å². The molecule has 2 rings (SSSR count). The zero-order chi connectivity index (χ0) is 15.4. The minimum Gasteiger partial charge on any atom is -0.495 e. The van der Waals surface area contributed by atoms with Gasteiger partial charge in [-0.3, -0.25) is 4.79 Å². The van der Waals surface area contributed by atoms with Crippen molar-refractivity contribution >= 4 is 29.2 Å². The third kappa shape index (κ3) is 3.58. The molecule has 0 spiro atoms. The van der Waals surface area contributed by atoms with Gasteiger partial charge >= 0.3 is 5.97 Å². The fraction of sp³-hybridized carbons (Fsp3) is 0.429. The molecule has 1 atom stereocenters. The van der Waals surface area contributed by atoms with Crippen LogP contribution in [0.2, 0.25) is 5.02 Å². The largest absolute Gasteiger partial charge is 0.495 e. The summed E-state index contributed by atoms with van der Waals surface area (Å²) in [7, 11) is 1.52. The van der Waals surface area contributed by atoms with E-state index in [1.54, 1.807) is 18.2 Å². The van der Waals surface area contributed by atoms with Crippen LogP contribution in [0.3, 0.4) is 0 Å². The molecule has 1 amide bonds. The van der Waals surface area contributed by atoms with Gasteiger partial charge in [0, 0.05) is 11.6 Å². The third-order valence-electron chi connectivity index (χ3n) is 3.45. The number of amides is 1. The molecule has 21 heavy (non-hydrogen) atoms. The Balaban J connectivity index is 2.01. The molecule has 0 unspecified atom stereocenters. The van der Waals surface area contributed by atoms with E-state index in [0.717, 1.165) is 0 Å². The topological polar surface area (TPSA) is 78.9 Å². The third-order valence-corrected chi connectivity index (χ3v) is 3.68. The zero-order valence-corrected chi connectivity index (χ0v) is 12.4. The van der Waals surface area contributed by atoms with Crippen molar-refractivity contribution in [1.29, 1.82) is 0 Å². The number of carbonyl (C=O) groups excluding carboxylic acids is 1. The van der Waals surface area contributed by atoms with Gasteiger partial charge in [-0.15, -0.1) is 0 Å². The van der Waals surface area contributed by atoms with Crippen molar-refractivity contribution in [2.45, 2.75) is 18.9 Å². The first-order valence-electron chi connectivity index (χ1n) is 6.62. The highest BCUT2D eigenvalue weighted by Gasteiger charge is 2.33. The van der Waals surface area contributed by atoms with Crippen LogP contribution < -0.4 is 10.1 Å². The predicted octanol–water partition coefficient (Wildman–Crippen LogP) is 1.84. The molecule has 1 fully saturated rings. The Bertz CT molecular complexity index is 550. The quantitative estimate of drug-likeness (QED) is 0.867. The first-order chi connectivity index (χ1) is 10.0. The molecule has 1 aliphatic rings. The highest BCUT2D eigenvalue weighted by Crippen LogP contribution is 2.27. The zero-order valence-electron chi connectivity index (χ0n) is 11.6. The van der Waals surface area contributed by atoms with Crippen molar-refractivity contribution in [2.24, 2.45) is 0 Å². The molecular weight excluding hydrogens is 296 g/mol. The smallest absolute Gasteiger partial charge is 0.326 e. The van der Waals surface area contributed by atoms with Gasteiger partial charge in [0.2, 0.25) is 5.91 Å². The first-order valence-corrected chi connectivity index (χ1v) is 7.00. The van der Waals surface area contributed by atoms with Crippen LogP contribution in [0.1, 0.15) is 12.8 Å². The monoisotopic (exact) mass is 312 g/mol. The van der Waals surface area contributed by atoms with Gasteiger partial charge in [0.25, 0.3) is 0 Å². The van der Waals surface area contributed by atoms with Gasteiger partial charge < -0.3 is 20.1 Å². The van der Waals surface area contributed by atoms with Crippen LogP contribution in [0.4, 0.5) is 5.69 Å². The van der Waals surface area contributed by atoms with Crippen molar-refractivity contribution in [1.82, 2.24) is 4.90 Å². The number of hydrogen-bond donors (Lipinski definition) is 2. The lowest BCUT2D eigenvalue weighted by molar-refractivity contribution is -0.147. The van der Waals surface area contributed by atoms with Crippen LogP contribution in [0.15, 0.2) is 18.2 Å².